The lowest BCUT2D eigenvalue weighted by Gasteiger charge is -2.30. The summed E-state index contributed by atoms with van der Waals surface area (Å²) in [5.41, 5.74) is -0.539. The molecule has 2 aliphatic heterocycles. The van der Waals surface area contributed by atoms with Crippen LogP contribution >= 0.6 is 49.3 Å². The molecule has 2 aromatic heterocycles. The van der Waals surface area contributed by atoms with Gasteiger partial charge >= 0.3 is 17.9 Å². The Bertz CT molecular complexity index is 1370. The average Bonchev–Trinajstić information content (AvgIpc) is 3.50. The molecule has 226 valence electrons. The van der Waals surface area contributed by atoms with E-state index in [4.69, 9.17) is 14.3 Å². The molecule has 2 aliphatic rings. The number of alkyl halides is 1. The zero-order valence-corrected chi connectivity index (χ0v) is 27.0. The second-order valence-corrected chi connectivity index (χ2v) is 15.6. The van der Waals surface area contributed by atoms with Crippen LogP contribution in [0.15, 0.2) is 29.6 Å². The topological polar surface area (TPSA) is 160 Å². The predicted octanol–water partition coefficient (Wildman–Crippen LogP) is 3.22. The van der Waals surface area contributed by atoms with Gasteiger partial charge in [-0.15, -0.1) is 21.9 Å². The Morgan fingerprint density at radius 3 is 2.64 bits per heavy atom. The summed E-state index contributed by atoms with van der Waals surface area (Å²) in [5.74, 6) is -2.45. The van der Waals surface area contributed by atoms with E-state index < -0.39 is 44.7 Å². The number of hydroxylamine groups is 2. The number of aromatic nitrogens is 4. The molecule has 0 aromatic carbocycles. The molecule has 0 radical (unpaired) electrons. The molecule has 13 nitrogen and oxygen atoms in total. The lowest BCUT2D eigenvalue weighted by atomic mass is 9.83. The Balaban J connectivity index is 1.49. The lowest BCUT2D eigenvalue weighted by molar-refractivity contribution is -0.204. The number of pyridine rings is 1. The number of carbonyl (C=O) groups excluding carboxylic acids is 5. The molecular weight excluding hydrogens is 674 g/mol. The van der Waals surface area contributed by atoms with Gasteiger partial charge in [-0.25, -0.2) is 14.6 Å². The van der Waals surface area contributed by atoms with E-state index in [0.717, 1.165) is 0 Å². The summed E-state index contributed by atoms with van der Waals surface area (Å²) < 4.78 is 11.1. The number of rotatable bonds is 0. The van der Waals surface area contributed by atoms with Crippen molar-refractivity contribution in [3.63, 3.8) is 0 Å². The molecule has 1 fully saturated rings. The van der Waals surface area contributed by atoms with Crippen LogP contribution in [0.5, 0.6) is 0 Å². The molecule has 0 aliphatic carbocycles. The van der Waals surface area contributed by atoms with Gasteiger partial charge in [0.15, 0.2) is 0 Å². The SMILES string of the molecule is CC1(C)CC(C)(Br)C(=O)OCCSSc2ncccc2C(=O)OCc2cn(nn2)CCSC2CC(=O)N(OC1=O)C2=O. The first-order valence-corrected chi connectivity index (χ1v) is 16.9. The maximum absolute atomic E-state index is 13.0. The number of carbonyl (C=O) groups is 5. The van der Waals surface area contributed by atoms with E-state index in [1.807, 2.05) is 0 Å². The third-order valence-corrected chi connectivity index (χ3v) is 10.1. The summed E-state index contributed by atoms with van der Waals surface area (Å²) in [7, 11) is 2.58. The molecule has 2 amide bonds. The Morgan fingerprint density at radius 1 is 1.07 bits per heavy atom. The van der Waals surface area contributed by atoms with Gasteiger partial charge in [-0.1, -0.05) is 31.9 Å². The predicted molar refractivity (Wildman–Crippen MR) is 157 cm³/mol. The van der Waals surface area contributed by atoms with Gasteiger partial charge in [-0.05, 0) is 50.1 Å². The minimum atomic E-state index is -1.26. The number of esters is 2. The summed E-state index contributed by atoms with van der Waals surface area (Å²) >= 11 is 4.59. The van der Waals surface area contributed by atoms with Crippen LogP contribution < -0.4 is 0 Å². The van der Waals surface area contributed by atoms with E-state index >= 15 is 0 Å². The van der Waals surface area contributed by atoms with Gasteiger partial charge in [0, 0.05) is 17.7 Å². The quantitative estimate of drug-likeness (QED) is 0.170. The average molecular weight is 703 g/mol. The fourth-order valence-corrected chi connectivity index (χ4v) is 7.81. The molecule has 0 N–H and O–H groups in total. The van der Waals surface area contributed by atoms with Crippen LogP contribution in [0.1, 0.15) is 49.7 Å². The number of halogens is 1. The second kappa shape index (κ2) is 13.8. The Morgan fingerprint density at radius 2 is 1.86 bits per heavy atom. The number of cyclic esters (lactones) is 2. The minimum absolute atomic E-state index is 0.0345. The first-order valence-electron chi connectivity index (χ1n) is 12.7. The Labute approximate surface area is 262 Å². The summed E-state index contributed by atoms with van der Waals surface area (Å²) in [6.07, 6.45) is 3.04. The van der Waals surface area contributed by atoms with Crippen LogP contribution in [-0.4, -0.2) is 82.5 Å². The number of nitrogens with zero attached hydrogens (tertiary/aromatic N) is 5. The van der Waals surface area contributed by atoms with Crippen molar-refractivity contribution < 1.29 is 38.3 Å². The highest BCUT2D eigenvalue weighted by Crippen LogP contribution is 2.37. The third-order valence-electron chi connectivity index (χ3n) is 6.09. The highest BCUT2D eigenvalue weighted by molar-refractivity contribution is 9.10. The van der Waals surface area contributed by atoms with Gasteiger partial charge in [0.25, 0.3) is 11.8 Å². The molecule has 2 aromatic rings. The first-order chi connectivity index (χ1) is 19.9. The number of imide groups is 1. The van der Waals surface area contributed by atoms with Crippen molar-refractivity contribution >= 4 is 79.0 Å². The van der Waals surface area contributed by atoms with Gasteiger partial charge < -0.3 is 14.3 Å². The molecule has 2 unspecified atom stereocenters. The Hall–Kier alpha value is -2.63. The molecule has 0 saturated carbocycles. The Kier molecular flexibility index (Phi) is 10.6. The maximum Gasteiger partial charge on any atom is 0.341 e. The summed E-state index contributed by atoms with van der Waals surface area (Å²) in [4.78, 5) is 73.5. The van der Waals surface area contributed by atoms with E-state index in [0.29, 0.717) is 33.8 Å². The number of aryl methyl sites for hydroxylation is 1. The summed E-state index contributed by atoms with van der Waals surface area (Å²) in [5, 5.41) is 8.28. The number of amides is 2. The molecule has 0 spiro atoms. The molecule has 4 bridgehead atoms. The van der Waals surface area contributed by atoms with Crippen molar-refractivity contribution in [3.8, 4) is 0 Å². The van der Waals surface area contributed by atoms with E-state index in [-0.39, 0.29) is 31.6 Å². The van der Waals surface area contributed by atoms with Crippen molar-refractivity contribution in [3.05, 3.63) is 35.8 Å². The highest BCUT2D eigenvalue weighted by Gasteiger charge is 2.47. The summed E-state index contributed by atoms with van der Waals surface area (Å²) in [6, 6.07) is 3.24. The van der Waals surface area contributed by atoms with Gasteiger partial charge in [0.1, 0.15) is 28.3 Å². The van der Waals surface area contributed by atoms with Gasteiger partial charge in [-0.2, -0.15) is 0 Å². The van der Waals surface area contributed by atoms with Crippen LogP contribution in [0.2, 0.25) is 0 Å². The number of thioether (sulfide) groups is 1. The fraction of sp³-hybridized carbons (Fsp3) is 0.520. The van der Waals surface area contributed by atoms with Gasteiger partial charge in [0.2, 0.25) is 0 Å². The third kappa shape index (κ3) is 8.05. The van der Waals surface area contributed by atoms with Gasteiger partial charge in [-0.3, -0.25) is 19.1 Å². The van der Waals surface area contributed by atoms with Crippen molar-refractivity contribution in [1.29, 1.82) is 0 Å². The van der Waals surface area contributed by atoms with Crippen LogP contribution in [0, 0.1) is 5.41 Å². The first kappa shape index (κ1) is 32.3. The summed E-state index contributed by atoms with van der Waals surface area (Å²) in [6.45, 7) is 5.01. The minimum Gasteiger partial charge on any atom is -0.464 e. The van der Waals surface area contributed by atoms with Crippen LogP contribution in [0.4, 0.5) is 0 Å². The van der Waals surface area contributed by atoms with Crippen molar-refractivity contribution in [2.24, 2.45) is 5.41 Å². The number of fused-ring (bicyclic) bond motifs is 5. The standard InChI is InChI=1S/C25H28BrN5O8S3/c1-24(2)14-25(3,26)23(36)37-8-10-41-42-19-16(5-4-6-27-19)21(34)38-13-15-12-30(29-28-15)7-9-40-17-11-18(32)31(20(17)33)39-22(24)35/h4-6,12,17H,7-11,13-14H2,1-3H3. The molecule has 17 heteroatoms. The largest absolute Gasteiger partial charge is 0.464 e. The monoisotopic (exact) mass is 701 g/mol. The van der Waals surface area contributed by atoms with E-state index in [1.165, 1.54) is 33.3 Å². The second-order valence-electron chi connectivity index (χ2n) is 10.2. The fourth-order valence-electron chi connectivity index (χ4n) is 4.04. The molecule has 42 heavy (non-hydrogen) atoms. The maximum atomic E-state index is 13.0. The molecule has 1 saturated heterocycles. The van der Waals surface area contributed by atoms with Gasteiger partial charge in [0.05, 0.1) is 35.4 Å². The van der Waals surface area contributed by atoms with E-state index in [2.05, 4.69) is 31.2 Å². The van der Waals surface area contributed by atoms with Crippen molar-refractivity contribution in [2.45, 2.75) is 61.4 Å². The van der Waals surface area contributed by atoms with Crippen molar-refractivity contribution in [1.82, 2.24) is 25.0 Å². The molecular formula is C25H28BrN5O8S3. The van der Waals surface area contributed by atoms with Crippen LogP contribution in [-0.2, 0) is 46.6 Å². The van der Waals surface area contributed by atoms with Crippen molar-refractivity contribution in [2.75, 3.05) is 18.1 Å². The van der Waals surface area contributed by atoms with Crippen LogP contribution in [0.25, 0.3) is 0 Å². The van der Waals surface area contributed by atoms with E-state index in [1.54, 1.807) is 50.0 Å². The zero-order valence-electron chi connectivity index (χ0n) is 22.9. The normalized spacial score (nSPS) is 25.0. The lowest BCUT2D eigenvalue weighted by Crippen LogP contribution is -2.43. The zero-order chi connectivity index (χ0) is 30.5. The van der Waals surface area contributed by atoms with Crippen LogP contribution in [0.3, 0.4) is 0 Å². The number of ether oxygens (including phenoxy) is 2. The molecule has 4 heterocycles. The smallest absolute Gasteiger partial charge is 0.341 e. The van der Waals surface area contributed by atoms with E-state index in [9.17, 15) is 24.0 Å². The molecule has 4 rings (SSSR count). The highest BCUT2D eigenvalue weighted by atomic mass is 79.9. The molecule has 2 atom stereocenters. The number of hydrogen-bond acceptors (Lipinski definition) is 14. The number of hydrogen-bond donors (Lipinski definition) is 0.